The number of fused-ring (bicyclic) bond motifs is 4. The lowest BCUT2D eigenvalue weighted by Crippen LogP contribution is -2.34. The first kappa shape index (κ1) is 24.7. The molecule has 2 aliphatic rings. The lowest BCUT2D eigenvalue weighted by Gasteiger charge is -2.23. The van der Waals surface area contributed by atoms with Gasteiger partial charge in [0.05, 0.1) is 16.3 Å². The number of alkyl halides is 3. The topological polar surface area (TPSA) is 113 Å². The number of carboxylic acids is 1. The highest BCUT2D eigenvalue weighted by molar-refractivity contribution is 7.17. The lowest BCUT2D eigenvalue weighted by atomic mass is 9.94. The molecule has 4 heterocycles. The molecule has 1 amide bonds. The fraction of sp³-hybridized carbons (Fsp3) is 0.292. The van der Waals surface area contributed by atoms with Crippen molar-refractivity contribution in [3.63, 3.8) is 0 Å². The van der Waals surface area contributed by atoms with E-state index >= 15 is 0 Å². The van der Waals surface area contributed by atoms with Crippen LogP contribution in [0.2, 0.25) is 0 Å². The molecule has 0 saturated carbocycles. The number of nitrogens with one attached hydrogen (secondary N) is 1. The number of rotatable bonds is 3. The third-order valence-corrected chi connectivity index (χ3v) is 7.53. The second-order valence-corrected chi connectivity index (χ2v) is 9.65. The number of carbonyl (C=O) groups excluding carboxylic acids is 1. The molecule has 1 aliphatic carbocycles. The van der Waals surface area contributed by atoms with E-state index in [1.54, 1.807) is 41.7 Å². The van der Waals surface area contributed by atoms with E-state index in [1.165, 1.54) is 11.1 Å². The first-order chi connectivity index (χ1) is 17.6. The van der Waals surface area contributed by atoms with Gasteiger partial charge in [-0.1, -0.05) is 24.3 Å². The highest BCUT2D eigenvalue weighted by Crippen LogP contribution is 2.50. The predicted octanol–water partition coefficient (Wildman–Crippen LogP) is 3.76. The van der Waals surface area contributed by atoms with Crippen molar-refractivity contribution in [3.8, 4) is 0 Å². The van der Waals surface area contributed by atoms with Gasteiger partial charge in [0, 0.05) is 38.2 Å². The summed E-state index contributed by atoms with van der Waals surface area (Å²) < 4.78 is 34.5. The van der Waals surface area contributed by atoms with Gasteiger partial charge in [0.15, 0.2) is 0 Å². The van der Waals surface area contributed by atoms with Crippen molar-refractivity contribution in [2.75, 3.05) is 18.0 Å². The highest BCUT2D eigenvalue weighted by atomic mass is 32.1. The molecule has 2 N–H and O–H groups in total. The van der Waals surface area contributed by atoms with Crippen LogP contribution < -0.4 is 10.2 Å². The van der Waals surface area contributed by atoms with Crippen molar-refractivity contribution >= 4 is 39.2 Å². The van der Waals surface area contributed by atoms with E-state index in [2.05, 4.69) is 54.9 Å². The number of amides is 1. The van der Waals surface area contributed by atoms with Crippen LogP contribution in [0, 0.1) is 5.92 Å². The number of thiophene rings is 1. The van der Waals surface area contributed by atoms with Gasteiger partial charge in [0.25, 0.3) is 5.91 Å². The predicted molar refractivity (Wildman–Crippen MR) is 129 cm³/mol. The minimum absolute atomic E-state index is 0.0285. The molecule has 1 fully saturated rings. The van der Waals surface area contributed by atoms with Crippen LogP contribution in [0.4, 0.5) is 19.0 Å². The fourth-order valence-corrected chi connectivity index (χ4v) is 5.89. The average Bonchev–Trinajstić information content (AvgIpc) is 3.64. The standard InChI is InChI=1S/C22H20N6OS.C2HF3O2/c1-27-18(6-8-25-27)22(29)26-19-14-5-3-2-4-13(14)15-10-28(11-16(15)19)21-20-17(7-9-30-20)23-12-24-21;3-2(4,5)1(6)7/h2-9,12,15-16,19H,10-11H2,1H3,(H,26,29);(H,6,7)/t15-,16-,19+;/m0./s1. The summed E-state index contributed by atoms with van der Waals surface area (Å²) in [5.41, 5.74) is 4.12. The van der Waals surface area contributed by atoms with Gasteiger partial charge < -0.3 is 15.3 Å². The number of carboxylic acid groups (broad SMARTS) is 1. The Morgan fingerprint density at radius 1 is 1.11 bits per heavy atom. The molecular formula is C24H21F3N6O3S. The summed E-state index contributed by atoms with van der Waals surface area (Å²) in [4.78, 5) is 33.2. The van der Waals surface area contributed by atoms with Crippen LogP contribution in [0.25, 0.3) is 10.2 Å². The zero-order chi connectivity index (χ0) is 26.3. The monoisotopic (exact) mass is 530 g/mol. The number of hydrogen-bond donors (Lipinski definition) is 2. The van der Waals surface area contributed by atoms with Crippen LogP contribution in [0.3, 0.4) is 0 Å². The number of aromatic nitrogens is 4. The summed E-state index contributed by atoms with van der Waals surface area (Å²) in [6.07, 6.45) is -1.78. The Morgan fingerprint density at radius 3 is 2.51 bits per heavy atom. The van der Waals surface area contributed by atoms with Crippen molar-refractivity contribution < 1.29 is 27.9 Å². The van der Waals surface area contributed by atoms with Crippen molar-refractivity contribution in [3.05, 3.63) is 71.1 Å². The molecule has 6 rings (SSSR count). The van der Waals surface area contributed by atoms with E-state index in [4.69, 9.17) is 9.90 Å². The first-order valence-electron chi connectivity index (χ1n) is 11.3. The number of nitrogens with zero attached hydrogens (tertiary/aromatic N) is 5. The summed E-state index contributed by atoms with van der Waals surface area (Å²) in [7, 11) is 1.79. The van der Waals surface area contributed by atoms with Crippen LogP contribution in [0.1, 0.15) is 33.6 Å². The molecule has 0 radical (unpaired) electrons. The number of hydrogen-bond acceptors (Lipinski definition) is 7. The zero-order valence-electron chi connectivity index (χ0n) is 19.4. The van der Waals surface area contributed by atoms with Crippen LogP contribution in [0.5, 0.6) is 0 Å². The molecule has 9 nitrogen and oxygen atoms in total. The van der Waals surface area contributed by atoms with Crippen molar-refractivity contribution in [1.29, 1.82) is 0 Å². The molecule has 3 aromatic heterocycles. The smallest absolute Gasteiger partial charge is 0.475 e. The van der Waals surface area contributed by atoms with Gasteiger partial charge in [0.1, 0.15) is 17.8 Å². The maximum absolute atomic E-state index is 13.0. The van der Waals surface area contributed by atoms with Crippen LogP contribution >= 0.6 is 11.3 Å². The van der Waals surface area contributed by atoms with Crippen LogP contribution in [-0.2, 0) is 11.8 Å². The molecule has 13 heteroatoms. The second-order valence-electron chi connectivity index (χ2n) is 8.73. The quantitative estimate of drug-likeness (QED) is 0.415. The Morgan fingerprint density at radius 2 is 1.84 bits per heavy atom. The van der Waals surface area contributed by atoms with E-state index in [-0.39, 0.29) is 11.9 Å². The lowest BCUT2D eigenvalue weighted by molar-refractivity contribution is -0.192. The average molecular weight is 531 g/mol. The molecule has 1 saturated heterocycles. The van der Waals surface area contributed by atoms with Gasteiger partial charge in [-0.3, -0.25) is 9.48 Å². The Bertz CT molecular complexity index is 1470. The van der Waals surface area contributed by atoms with Gasteiger partial charge >= 0.3 is 12.1 Å². The molecular weight excluding hydrogens is 509 g/mol. The maximum atomic E-state index is 13.0. The van der Waals surface area contributed by atoms with Crippen molar-refractivity contribution in [2.24, 2.45) is 13.0 Å². The SMILES string of the molecule is Cn1nccc1C(=O)N[C@@H]1c2ccccc2[C@@H]2CN(c3ncnc4ccsc34)C[C@H]12.O=C(O)C(F)(F)F. The van der Waals surface area contributed by atoms with Crippen LogP contribution in [-0.4, -0.2) is 56.0 Å². The molecule has 4 aromatic rings. The Hall–Kier alpha value is -4.00. The first-order valence-corrected chi connectivity index (χ1v) is 12.1. The summed E-state index contributed by atoms with van der Waals surface area (Å²) in [6, 6.07) is 12.3. The third-order valence-electron chi connectivity index (χ3n) is 6.63. The van der Waals surface area contributed by atoms with Crippen LogP contribution in [0.15, 0.2) is 54.3 Å². The number of halogens is 3. The Labute approximate surface area is 212 Å². The molecule has 3 atom stereocenters. The Balaban J connectivity index is 0.000000355. The number of aryl methyl sites for hydroxylation is 1. The molecule has 0 spiro atoms. The van der Waals surface area contributed by atoms with Crippen molar-refractivity contribution in [2.45, 2.75) is 18.1 Å². The number of benzene rings is 1. The summed E-state index contributed by atoms with van der Waals surface area (Å²) in [5.74, 6) is -1.18. The van der Waals surface area contributed by atoms with Gasteiger partial charge in [-0.05, 0) is 28.6 Å². The molecule has 1 aliphatic heterocycles. The van der Waals surface area contributed by atoms with Crippen molar-refractivity contribution in [1.82, 2.24) is 25.1 Å². The summed E-state index contributed by atoms with van der Waals surface area (Å²) >= 11 is 1.68. The van der Waals surface area contributed by atoms with Gasteiger partial charge in [-0.2, -0.15) is 18.3 Å². The van der Waals surface area contributed by atoms with Gasteiger partial charge in [0.2, 0.25) is 0 Å². The maximum Gasteiger partial charge on any atom is 0.490 e. The van der Waals surface area contributed by atoms with E-state index in [0.717, 1.165) is 29.1 Å². The van der Waals surface area contributed by atoms with E-state index in [9.17, 15) is 18.0 Å². The Kier molecular flexibility index (Phi) is 6.31. The number of aliphatic carboxylic acids is 1. The van der Waals surface area contributed by atoms with E-state index in [0.29, 0.717) is 17.5 Å². The fourth-order valence-electron chi connectivity index (χ4n) is 5.03. The largest absolute Gasteiger partial charge is 0.490 e. The minimum Gasteiger partial charge on any atom is -0.475 e. The highest BCUT2D eigenvalue weighted by Gasteiger charge is 2.47. The number of carbonyl (C=O) groups is 2. The molecule has 1 aromatic carbocycles. The van der Waals surface area contributed by atoms with E-state index in [1.807, 2.05) is 6.07 Å². The minimum atomic E-state index is -5.08. The second kappa shape index (κ2) is 9.47. The third kappa shape index (κ3) is 4.61. The zero-order valence-corrected chi connectivity index (χ0v) is 20.2. The van der Waals surface area contributed by atoms with Gasteiger partial charge in [-0.15, -0.1) is 11.3 Å². The molecule has 192 valence electrons. The summed E-state index contributed by atoms with van der Waals surface area (Å²) in [5, 5.41) is 16.6. The summed E-state index contributed by atoms with van der Waals surface area (Å²) in [6.45, 7) is 1.74. The molecule has 37 heavy (non-hydrogen) atoms. The molecule has 0 bridgehead atoms. The normalized spacial score (nSPS) is 20.2. The number of anilines is 1. The molecule has 0 unspecified atom stereocenters. The van der Waals surface area contributed by atoms with E-state index < -0.39 is 12.1 Å². The van der Waals surface area contributed by atoms with Gasteiger partial charge in [-0.25, -0.2) is 14.8 Å².